The van der Waals surface area contributed by atoms with E-state index in [-0.39, 0.29) is 5.69 Å². The van der Waals surface area contributed by atoms with Crippen molar-refractivity contribution >= 4 is 50.6 Å². The topological polar surface area (TPSA) is 113 Å². The lowest BCUT2D eigenvalue weighted by Crippen LogP contribution is -2.20. The first kappa shape index (κ1) is 20.4. The van der Waals surface area contributed by atoms with E-state index in [0.717, 1.165) is 11.3 Å². The van der Waals surface area contributed by atoms with Gasteiger partial charge >= 0.3 is 11.7 Å². The number of carbonyl (C=O) groups is 2. The number of hydrogen-bond donors (Lipinski definition) is 3. The molecule has 0 spiro atoms. The summed E-state index contributed by atoms with van der Waals surface area (Å²) in [6, 6.07) is 10.5. The highest BCUT2D eigenvalue weighted by molar-refractivity contribution is 9.10. The summed E-state index contributed by atoms with van der Waals surface area (Å²) >= 11 is 3.32. The molecule has 3 N–H and O–H groups in total. The number of hydrogen-bond acceptors (Lipinski definition) is 5. The van der Waals surface area contributed by atoms with Crippen LogP contribution in [0.1, 0.15) is 12.5 Å². The maximum Gasteiger partial charge on any atom is 0.331 e. The summed E-state index contributed by atoms with van der Waals surface area (Å²) in [7, 11) is 0. The number of anilines is 1. The quantitative estimate of drug-likeness (QED) is 0.370. The van der Waals surface area contributed by atoms with Gasteiger partial charge in [-0.05, 0) is 58.8 Å². The van der Waals surface area contributed by atoms with E-state index in [9.17, 15) is 14.4 Å². The molecule has 0 aliphatic rings. The van der Waals surface area contributed by atoms with Crippen LogP contribution >= 0.6 is 15.9 Å². The standard InChI is InChI=1S/C20H18BrN3O5/c1-2-28-13-6-3-12(4-7-13)5-8-19(26)29-11-18(25)22-15-10-17-16(9-14(15)21)23-20(27)24-17/h3-10H,2,11H2,1H3,(H,22,25)(H2,23,24,27). The number of halogens is 1. The number of imidazole rings is 1. The Morgan fingerprint density at radius 2 is 1.83 bits per heavy atom. The predicted molar refractivity (Wildman–Crippen MR) is 113 cm³/mol. The number of esters is 1. The van der Waals surface area contributed by atoms with E-state index < -0.39 is 18.5 Å². The first-order chi connectivity index (χ1) is 13.9. The Balaban J connectivity index is 1.52. The molecule has 1 heterocycles. The zero-order chi connectivity index (χ0) is 20.8. The van der Waals surface area contributed by atoms with Crippen LogP contribution in [0.5, 0.6) is 5.75 Å². The zero-order valence-electron chi connectivity index (χ0n) is 15.5. The highest BCUT2D eigenvalue weighted by Crippen LogP contribution is 2.26. The van der Waals surface area contributed by atoms with Gasteiger partial charge in [-0.15, -0.1) is 0 Å². The van der Waals surface area contributed by atoms with Crippen LogP contribution < -0.4 is 15.7 Å². The number of carbonyl (C=O) groups excluding carboxylic acids is 2. The Bertz CT molecular complexity index is 1120. The van der Waals surface area contributed by atoms with E-state index in [2.05, 4.69) is 31.2 Å². The Labute approximate surface area is 174 Å². The molecule has 0 atom stereocenters. The number of rotatable bonds is 7. The minimum Gasteiger partial charge on any atom is -0.494 e. The van der Waals surface area contributed by atoms with E-state index in [1.165, 1.54) is 6.08 Å². The fourth-order valence-electron chi connectivity index (χ4n) is 2.53. The van der Waals surface area contributed by atoms with Gasteiger partial charge in [0.25, 0.3) is 5.91 Å². The minimum absolute atomic E-state index is 0.344. The summed E-state index contributed by atoms with van der Waals surface area (Å²) in [5.74, 6) is -0.402. The number of H-pyrrole nitrogens is 2. The van der Waals surface area contributed by atoms with Crippen LogP contribution in [0.15, 0.2) is 51.7 Å². The van der Waals surface area contributed by atoms with Crippen molar-refractivity contribution in [3.8, 4) is 5.75 Å². The first-order valence-electron chi connectivity index (χ1n) is 8.73. The van der Waals surface area contributed by atoms with Crippen molar-refractivity contribution in [2.45, 2.75) is 6.92 Å². The van der Waals surface area contributed by atoms with Crippen LogP contribution in [0.4, 0.5) is 5.69 Å². The fourth-order valence-corrected chi connectivity index (χ4v) is 2.97. The summed E-state index contributed by atoms with van der Waals surface area (Å²) in [6.45, 7) is 2.04. The van der Waals surface area contributed by atoms with Gasteiger partial charge in [-0.2, -0.15) is 0 Å². The minimum atomic E-state index is -0.640. The lowest BCUT2D eigenvalue weighted by atomic mass is 10.2. The number of ether oxygens (including phenoxy) is 2. The summed E-state index contributed by atoms with van der Waals surface area (Å²) in [5, 5.41) is 2.62. The van der Waals surface area contributed by atoms with Gasteiger partial charge in [0.1, 0.15) is 5.75 Å². The average molecular weight is 460 g/mol. The number of fused-ring (bicyclic) bond motifs is 1. The van der Waals surface area contributed by atoms with Gasteiger partial charge in [0.15, 0.2) is 6.61 Å². The summed E-state index contributed by atoms with van der Waals surface area (Å²) < 4.78 is 10.9. The summed E-state index contributed by atoms with van der Waals surface area (Å²) in [6.07, 6.45) is 2.83. The molecule has 0 radical (unpaired) electrons. The van der Waals surface area contributed by atoms with Crippen LogP contribution in [0.25, 0.3) is 17.1 Å². The van der Waals surface area contributed by atoms with E-state index in [1.807, 2.05) is 6.92 Å². The van der Waals surface area contributed by atoms with Gasteiger partial charge in [0.05, 0.1) is 23.3 Å². The van der Waals surface area contributed by atoms with Crippen molar-refractivity contribution in [2.75, 3.05) is 18.5 Å². The number of benzene rings is 2. The molecule has 3 aromatic rings. The van der Waals surface area contributed by atoms with E-state index in [4.69, 9.17) is 9.47 Å². The third-order valence-electron chi connectivity index (χ3n) is 3.83. The molecule has 9 heteroatoms. The predicted octanol–water partition coefficient (Wildman–Crippen LogP) is 3.21. The van der Waals surface area contributed by atoms with Crippen LogP contribution in [0, 0.1) is 0 Å². The normalized spacial score (nSPS) is 11.0. The second kappa shape index (κ2) is 9.24. The van der Waals surface area contributed by atoms with Gasteiger partial charge in [-0.3, -0.25) is 4.79 Å². The maximum absolute atomic E-state index is 12.1. The van der Waals surface area contributed by atoms with Crippen LogP contribution in [0.2, 0.25) is 0 Å². The molecule has 29 heavy (non-hydrogen) atoms. The third kappa shape index (κ3) is 5.58. The molecule has 8 nitrogen and oxygen atoms in total. The molecule has 2 aromatic carbocycles. The van der Waals surface area contributed by atoms with Gasteiger partial charge in [0.2, 0.25) is 0 Å². The molecule has 0 unspecified atom stereocenters. The van der Waals surface area contributed by atoms with E-state index in [0.29, 0.717) is 27.8 Å². The number of aromatic amines is 2. The second-order valence-corrected chi connectivity index (χ2v) is 6.80. The number of aromatic nitrogens is 2. The van der Waals surface area contributed by atoms with Gasteiger partial charge in [0, 0.05) is 10.5 Å². The average Bonchev–Trinajstić information content (AvgIpc) is 3.05. The van der Waals surface area contributed by atoms with Crippen molar-refractivity contribution in [2.24, 2.45) is 0 Å². The number of amides is 1. The highest BCUT2D eigenvalue weighted by Gasteiger charge is 2.10. The van der Waals surface area contributed by atoms with E-state index >= 15 is 0 Å². The fraction of sp³-hybridized carbons (Fsp3) is 0.150. The summed E-state index contributed by atoms with van der Waals surface area (Å²) in [4.78, 5) is 40.4. The molecule has 0 aliphatic carbocycles. The monoisotopic (exact) mass is 459 g/mol. The molecule has 150 valence electrons. The van der Waals surface area contributed by atoms with Crippen LogP contribution in [-0.4, -0.2) is 35.1 Å². The molecule has 1 aromatic heterocycles. The van der Waals surface area contributed by atoms with E-state index in [1.54, 1.807) is 42.5 Å². The Morgan fingerprint density at radius 1 is 1.14 bits per heavy atom. The van der Waals surface area contributed by atoms with Crippen molar-refractivity contribution in [1.29, 1.82) is 0 Å². The maximum atomic E-state index is 12.1. The van der Waals surface area contributed by atoms with Crippen molar-refractivity contribution in [3.05, 3.63) is 63.0 Å². The van der Waals surface area contributed by atoms with Crippen molar-refractivity contribution in [3.63, 3.8) is 0 Å². The first-order valence-corrected chi connectivity index (χ1v) is 9.53. The molecular formula is C20H18BrN3O5. The molecule has 1 amide bonds. The van der Waals surface area contributed by atoms with Gasteiger partial charge in [-0.25, -0.2) is 9.59 Å². The van der Waals surface area contributed by atoms with Gasteiger partial charge < -0.3 is 24.8 Å². The molecule has 0 saturated carbocycles. The molecule has 0 bridgehead atoms. The molecule has 0 aliphatic heterocycles. The molecule has 3 rings (SSSR count). The second-order valence-electron chi connectivity index (χ2n) is 5.95. The van der Waals surface area contributed by atoms with Crippen molar-refractivity contribution < 1.29 is 19.1 Å². The largest absolute Gasteiger partial charge is 0.494 e. The Kier molecular flexibility index (Phi) is 6.50. The lowest BCUT2D eigenvalue weighted by Gasteiger charge is -2.07. The lowest BCUT2D eigenvalue weighted by molar-refractivity contribution is -0.142. The zero-order valence-corrected chi connectivity index (χ0v) is 17.0. The molecule has 0 saturated heterocycles. The summed E-state index contributed by atoms with van der Waals surface area (Å²) in [5.41, 5.74) is 2.05. The highest BCUT2D eigenvalue weighted by atomic mass is 79.9. The molecule has 0 fully saturated rings. The number of nitrogens with one attached hydrogen (secondary N) is 3. The smallest absolute Gasteiger partial charge is 0.331 e. The Hall–Kier alpha value is -3.33. The Morgan fingerprint density at radius 3 is 2.52 bits per heavy atom. The van der Waals surface area contributed by atoms with Gasteiger partial charge in [-0.1, -0.05) is 12.1 Å². The molecular weight excluding hydrogens is 442 g/mol. The SMILES string of the molecule is CCOc1ccc(C=CC(=O)OCC(=O)Nc2cc3[nH]c(=O)[nH]c3cc2Br)cc1. The van der Waals surface area contributed by atoms with Crippen molar-refractivity contribution in [1.82, 2.24) is 9.97 Å². The van der Waals surface area contributed by atoms with Crippen LogP contribution in [-0.2, 0) is 14.3 Å². The third-order valence-corrected chi connectivity index (χ3v) is 4.48. The van der Waals surface area contributed by atoms with Crippen LogP contribution in [0.3, 0.4) is 0 Å².